The van der Waals surface area contributed by atoms with E-state index in [1.807, 2.05) is 7.05 Å². The van der Waals surface area contributed by atoms with Gasteiger partial charge in [-0.25, -0.2) is 4.68 Å². The lowest BCUT2D eigenvalue weighted by molar-refractivity contribution is -0.111. The van der Waals surface area contributed by atoms with E-state index < -0.39 is 0 Å². The quantitative estimate of drug-likeness (QED) is 0.632. The van der Waals surface area contributed by atoms with E-state index in [1.165, 1.54) is 0 Å². The molecule has 5 nitrogen and oxygen atoms in total. The van der Waals surface area contributed by atoms with Gasteiger partial charge in [0.05, 0.1) is 6.20 Å². The van der Waals surface area contributed by atoms with E-state index in [0.29, 0.717) is 0 Å². The Labute approximate surface area is 82.7 Å². The maximum absolute atomic E-state index is 10.6. The van der Waals surface area contributed by atoms with Crippen molar-refractivity contribution in [1.29, 1.82) is 0 Å². The van der Waals surface area contributed by atoms with Crippen LogP contribution in [0.2, 0.25) is 0 Å². The Balaban J connectivity index is 2.02. The van der Waals surface area contributed by atoms with E-state index in [0.717, 1.165) is 38.0 Å². The molecule has 76 valence electrons. The second kappa shape index (κ2) is 3.77. The summed E-state index contributed by atoms with van der Waals surface area (Å²) in [6, 6.07) is 0. The molecule has 0 N–H and O–H groups in total. The molecule has 1 aliphatic rings. The standard InChI is InChI=1S/C9H14N4O/c1-12-9(6-10-11-12)13-4-2-8(7-14)3-5-13/h6-8H,2-5H2,1H3. The molecule has 0 bridgehead atoms. The predicted octanol–water partition coefficient (Wildman–Crippen LogP) is 0.230. The van der Waals surface area contributed by atoms with Crippen molar-refractivity contribution in [2.24, 2.45) is 13.0 Å². The van der Waals surface area contributed by atoms with Crippen LogP contribution >= 0.6 is 0 Å². The number of anilines is 1. The van der Waals surface area contributed by atoms with Crippen LogP contribution in [0, 0.1) is 5.92 Å². The van der Waals surface area contributed by atoms with Crippen LogP contribution in [-0.4, -0.2) is 34.4 Å². The smallest absolute Gasteiger partial charge is 0.147 e. The largest absolute Gasteiger partial charge is 0.355 e. The first kappa shape index (κ1) is 9.18. The van der Waals surface area contributed by atoms with Crippen LogP contribution in [0.4, 0.5) is 5.82 Å². The molecular weight excluding hydrogens is 180 g/mol. The Morgan fingerprint density at radius 3 is 2.71 bits per heavy atom. The van der Waals surface area contributed by atoms with E-state index in [-0.39, 0.29) is 5.92 Å². The molecule has 0 spiro atoms. The second-order valence-corrected chi connectivity index (χ2v) is 3.68. The first-order valence-electron chi connectivity index (χ1n) is 4.86. The minimum atomic E-state index is 0.243. The van der Waals surface area contributed by atoms with E-state index in [1.54, 1.807) is 10.9 Å². The maximum Gasteiger partial charge on any atom is 0.147 e. The molecule has 2 heterocycles. The number of aryl methyl sites for hydroxylation is 1. The zero-order chi connectivity index (χ0) is 9.97. The Bertz CT molecular complexity index is 314. The number of carbonyl (C=O) groups excluding carboxylic acids is 1. The zero-order valence-corrected chi connectivity index (χ0v) is 8.26. The number of hydrogen-bond donors (Lipinski definition) is 0. The third-order valence-corrected chi connectivity index (χ3v) is 2.75. The number of hydrogen-bond acceptors (Lipinski definition) is 4. The summed E-state index contributed by atoms with van der Waals surface area (Å²) in [5.41, 5.74) is 0. The average molecular weight is 194 g/mol. The third-order valence-electron chi connectivity index (χ3n) is 2.75. The van der Waals surface area contributed by atoms with E-state index in [9.17, 15) is 4.79 Å². The number of rotatable bonds is 2. The summed E-state index contributed by atoms with van der Waals surface area (Å²) < 4.78 is 1.77. The summed E-state index contributed by atoms with van der Waals surface area (Å²) in [5.74, 6) is 1.28. The van der Waals surface area contributed by atoms with E-state index in [4.69, 9.17) is 0 Å². The molecule has 0 amide bonds. The molecule has 0 saturated carbocycles. The van der Waals surface area contributed by atoms with Crippen LogP contribution in [0.3, 0.4) is 0 Å². The van der Waals surface area contributed by atoms with Crippen molar-refractivity contribution in [3.05, 3.63) is 6.20 Å². The van der Waals surface area contributed by atoms with Gasteiger partial charge in [-0.1, -0.05) is 5.21 Å². The van der Waals surface area contributed by atoms with Gasteiger partial charge >= 0.3 is 0 Å². The lowest BCUT2D eigenvalue weighted by Crippen LogP contribution is -2.35. The lowest BCUT2D eigenvalue weighted by Gasteiger charge is -2.30. The Kier molecular flexibility index (Phi) is 2.47. The topological polar surface area (TPSA) is 51.0 Å². The van der Waals surface area contributed by atoms with Crippen molar-refractivity contribution in [3.63, 3.8) is 0 Å². The first-order valence-corrected chi connectivity index (χ1v) is 4.86. The summed E-state index contributed by atoms with van der Waals surface area (Å²) in [4.78, 5) is 12.8. The molecule has 2 rings (SSSR count). The molecule has 0 unspecified atom stereocenters. The number of carbonyl (C=O) groups is 1. The maximum atomic E-state index is 10.6. The van der Waals surface area contributed by atoms with Gasteiger partial charge in [-0.3, -0.25) is 0 Å². The highest BCUT2D eigenvalue weighted by atomic mass is 16.1. The minimum Gasteiger partial charge on any atom is -0.355 e. The van der Waals surface area contributed by atoms with Gasteiger partial charge in [0.25, 0.3) is 0 Å². The van der Waals surface area contributed by atoms with Gasteiger partial charge in [0.15, 0.2) is 0 Å². The van der Waals surface area contributed by atoms with Crippen molar-refractivity contribution in [2.75, 3.05) is 18.0 Å². The highest BCUT2D eigenvalue weighted by Gasteiger charge is 2.20. The summed E-state index contributed by atoms with van der Waals surface area (Å²) in [7, 11) is 1.88. The van der Waals surface area contributed by atoms with Crippen molar-refractivity contribution < 1.29 is 4.79 Å². The van der Waals surface area contributed by atoms with Crippen molar-refractivity contribution in [3.8, 4) is 0 Å². The van der Waals surface area contributed by atoms with Crippen LogP contribution in [0.1, 0.15) is 12.8 Å². The molecule has 0 aromatic carbocycles. The van der Waals surface area contributed by atoms with Crippen LogP contribution in [0.15, 0.2) is 6.20 Å². The first-order chi connectivity index (χ1) is 6.81. The summed E-state index contributed by atoms with van der Waals surface area (Å²) in [6.45, 7) is 1.84. The number of aldehydes is 1. The summed E-state index contributed by atoms with van der Waals surface area (Å²) >= 11 is 0. The summed E-state index contributed by atoms with van der Waals surface area (Å²) in [6.07, 6.45) is 4.71. The fourth-order valence-electron chi connectivity index (χ4n) is 1.84. The molecule has 1 fully saturated rings. The average Bonchev–Trinajstić information content (AvgIpc) is 2.65. The molecule has 14 heavy (non-hydrogen) atoms. The molecule has 0 atom stereocenters. The van der Waals surface area contributed by atoms with Gasteiger partial charge in [0.1, 0.15) is 12.1 Å². The molecule has 1 aromatic heterocycles. The molecule has 0 aliphatic carbocycles. The van der Waals surface area contributed by atoms with Crippen molar-refractivity contribution >= 4 is 12.1 Å². The van der Waals surface area contributed by atoms with Crippen LogP contribution in [0.25, 0.3) is 0 Å². The van der Waals surface area contributed by atoms with Crippen LogP contribution < -0.4 is 4.90 Å². The van der Waals surface area contributed by atoms with Crippen LogP contribution in [0.5, 0.6) is 0 Å². The molecule has 0 radical (unpaired) electrons. The Morgan fingerprint density at radius 2 is 2.21 bits per heavy atom. The number of nitrogens with zero attached hydrogens (tertiary/aromatic N) is 4. The number of aromatic nitrogens is 3. The van der Waals surface area contributed by atoms with Gasteiger partial charge < -0.3 is 9.69 Å². The fourth-order valence-corrected chi connectivity index (χ4v) is 1.84. The van der Waals surface area contributed by atoms with Gasteiger partial charge in [0, 0.05) is 26.1 Å². The number of piperidine rings is 1. The lowest BCUT2D eigenvalue weighted by atomic mass is 9.99. The molecule has 1 saturated heterocycles. The van der Waals surface area contributed by atoms with Gasteiger partial charge in [-0.15, -0.1) is 5.10 Å². The van der Waals surface area contributed by atoms with E-state index >= 15 is 0 Å². The van der Waals surface area contributed by atoms with Crippen molar-refractivity contribution in [2.45, 2.75) is 12.8 Å². The molecule has 1 aliphatic heterocycles. The van der Waals surface area contributed by atoms with Gasteiger partial charge in [-0.2, -0.15) is 0 Å². The molecule has 5 heteroatoms. The monoisotopic (exact) mass is 194 g/mol. The van der Waals surface area contributed by atoms with Crippen molar-refractivity contribution in [1.82, 2.24) is 15.0 Å². The SMILES string of the molecule is Cn1nncc1N1CCC(C=O)CC1. The Hall–Kier alpha value is -1.39. The highest BCUT2D eigenvalue weighted by Crippen LogP contribution is 2.20. The fraction of sp³-hybridized carbons (Fsp3) is 0.667. The zero-order valence-electron chi connectivity index (χ0n) is 8.26. The minimum absolute atomic E-state index is 0.243. The molecular formula is C9H14N4O. The van der Waals surface area contributed by atoms with E-state index in [2.05, 4.69) is 15.2 Å². The molecule has 1 aromatic rings. The predicted molar refractivity (Wildman–Crippen MR) is 52.0 cm³/mol. The highest BCUT2D eigenvalue weighted by molar-refractivity contribution is 5.54. The third kappa shape index (κ3) is 1.62. The van der Waals surface area contributed by atoms with Crippen LogP contribution in [-0.2, 0) is 11.8 Å². The Morgan fingerprint density at radius 1 is 1.50 bits per heavy atom. The van der Waals surface area contributed by atoms with Gasteiger partial charge in [0.2, 0.25) is 0 Å². The normalized spacial score (nSPS) is 18.5. The van der Waals surface area contributed by atoms with Gasteiger partial charge in [-0.05, 0) is 12.8 Å². The summed E-state index contributed by atoms with van der Waals surface area (Å²) in [5, 5.41) is 7.72. The second-order valence-electron chi connectivity index (χ2n) is 3.68.